The van der Waals surface area contributed by atoms with Crippen molar-refractivity contribution in [2.45, 2.75) is 31.8 Å². The van der Waals surface area contributed by atoms with E-state index >= 15 is 0 Å². The largest absolute Gasteiger partial charge is 0.378 e. The Morgan fingerprint density at radius 2 is 2.31 bits per heavy atom. The molecule has 2 N–H and O–H groups in total. The second kappa shape index (κ2) is 6.68. The quantitative estimate of drug-likeness (QED) is 0.670. The first-order chi connectivity index (χ1) is 6.38. The van der Waals surface area contributed by atoms with Crippen LogP contribution in [0.5, 0.6) is 0 Å². The summed E-state index contributed by atoms with van der Waals surface area (Å²) in [6.45, 7) is 1.72. The summed E-state index contributed by atoms with van der Waals surface area (Å²) in [5, 5.41) is 0. The van der Waals surface area contributed by atoms with E-state index in [9.17, 15) is 0 Å². The lowest BCUT2D eigenvalue weighted by molar-refractivity contribution is 0.0310. The highest BCUT2D eigenvalue weighted by molar-refractivity contribution is 7.98. The van der Waals surface area contributed by atoms with Crippen molar-refractivity contribution in [1.82, 2.24) is 0 Å². The van der Waals surface area contributed by atoms with Crippen LogP contribution in [0.3, 0.4) is 0 Å². The fourth-order valence-corrected chi connectivity index (χ4v) is 2.34. The molecule has 0 aromatic rings. The predicted octanol–water partition coefficient (Wildman–Crippen LogP) is 1.88. The number of rotatable bonds is 6. The van der Waals surface area contributed by atoms with Crippen molar-refractivity contribution in [1.29, 1.82) is 0 Å². The third-order valence-corrected chi connectivity index (χ3v) is 3.41. The van der Waals surface area contributed by atoms with Gasteiger partial charge in [-0.3, -0.25) is 0 Å². The van der Waals surface area contributed by atoms with E-state index in [2.05, 4.69) is 6.26 Å². The monoisotopic (exact) mass is 203 g/mol. The van der Waals surface area contributed by atoms with Crippen LogP contribution in [0.15, 0.2) is 0 Å². The van der Waals surface area contributed by atoms with E-state index in [4.69, 9.17) is 10.5 Å². The summed E-state index contributed by atoms with van der Waals surface area (Å²) in [5.74, 6) is 1.84. The lowest BCUT2D eigenvalue weighted by atomic mass is 10.1. The van der Waals surface area contributed by atoms with Crippen molar-refractivity contribution in [3.63, 3.8) is 0 Å². The average molecular weight is 203 g/mol. The molecule has 0 aliphatic heterocycles. The molecule has 0 aromatic heterocycles. The van der Waals surface area contributed by atoms with E-state index in [0.29, 0.717) is 12.0 Å². The Morgan fingerprint density at radius 3 is 3.00 bits per heavy atom. The van der Waals surface area contributed by atoms with Crippen molar-refractivity contribution in [3.8, 4) is 0 Å². The van der Waals surface area contributed by atoms with Crippen molar-refractivity contribution >= 4 is 11.8 Å². The molecule has 0 bridgehead atoms. The number of hydrogen-bond acceptors (Lipinski definition) is 3. The third-order valence-electron chi connectivity index (χ3n) is 2.72. The van der Waals surface area contributed by atoms with Gasteiger partial charge in [-0.2, -0.15) is 11.8 Å². The minimum Gasteiger partial charge on any atom is -0.378 e. The minimum atomic E-state index is 0.465. The van der Waals surface area contributed by atoms with Gasteiger partial charge in [-0.15, -0.1) is 0 Å². The second-order valence-corrected chi connectivity index (χ2v) is 4.67. The third kappa shape index (κ3) is 3.88. The molecule has 1 aliphatic rings. The summed E-state index contributed by atoms with van der Waals surface area (Å²) < 4.78 is 5.82. The molecule has 1 saturated carbocycles. The standard InChI is InChI=1S/C10H21NOS/c1-13-7-3-6-12-10-5-2-4-9(10)8-11/h9-10H,2-8,11H2,1H3. The first-order valence-corrected chi connectivity index (χ1v) is 6.58. The van der Waals surface area contributed by atoms with Crippen LogP contribution in [0.4, 0.5) is 0 Å². The Kier molecular flexibility index (Phi) is 5.83. The molecule has 0 spiro atoms. The van der Waals surface area contributed by atoms with E-state index < -0.39 is 0 Å². The molecular weight excluding hydrogens is 182 g/mol. The number of thioether (sulfide) groups is 1. The van der Waals surface area contributed by atoms with Gasteiger partial charge in [0, 0.05) is 6.61 Å². The molecule has 0 aromatic carbocycles. The van der Waals surface area contributed by atoms with Crippen LogP contribution < -0.4 is 5.73 Å². The zero-order valence-electron chi connectivity index (χ0n) is 8.50. The van der Waals surface area contributed by atoms with E-state index in [-0.39, 0.29) is 0 Å². The highest BCUT2D eigenvalue weighted by Gasteiger charge is 2.26. The van der Waals surface area contributed by atoms with E-state index in [0.717, 1.165) is 13.2 Å². The van der Waals surface area contributed by atoms with Crippen LogP contribution >= 0.6 is 11.8 Å². The van der Waals surface area contributed by atoms with Gasteiger partial charge in [0.2, 0.25) is 0 Å². The maximum Gasteiger partial charge on any atom is 0.0615 e. The summed E-state index contributed by atoms with van der Waals surface area (Å²) >= 11 is 1.89. The molecule has 3 heteroatoms. The first-order valence-electron chi connectivity index (χ1n) is 5.19. The van der Waals surface area contributed by atoms with Crippen LogP contribution in [0, 0.1) is 5.92 Å². The predicted molar refractivity (Wildman–Crippen MR) is 59.1 cm³/mol. The zero-order chi connectivity index (χ0) is 9.52. The molecule has 2 unspecified atom stereocenters. The van der Waals surface area contributed by atoms with Gasteiger partial charge in [0.1, 0.15) is 0 Å². The molecule has 0 saturated heterocycles. The molecule has 0 heterocycles. The maximum absolute atomic E-state index is 5.82. The topological polar surface area (TPSA) is 35.2 Å². The lowest BCUT2D eigenvalue weighted by Crippen LogP contribution is -2.25. The van der Waals surface area contributed by atoms with Crippen molar-refractivity contribution in [2.75, 3.05) is 25.2 Å². The fraction of sp³-hybridized carbons (Fsp3) is 1.00. The summed E-state index contributed by atoms with van der Waals surface area (Å²) in [5.41, 5.74) is 5.67. The average Bonchev–Trinajstić information content (AvgIpc) is 2.60. The second-order valence-electron chi connectivity index (χ2n) is 3.68. The van der Waals surface area contributed by atoms with Gasteiger partial charge in [-0.05, 0) is 43.7 Å². The SMILES string of the molecule is CSCCCOC1CCCC1CN. The molecule has 78 valence electrons. The fourth-order valence-electron chi connectivity index (χ4n) is 1.93. The van der Waals surface area contributed by atoms with Gasteiger partial charge in [0.25, 0.3) is 0 Å². The molecule has 1 fully saturated rings. The Bertz CT molecular complexity index is 132. The van der Waals surface area contributed by atoms with Gasteiger partial charge in [-0.1, -0.05) is 6.42 Å². The van der Waals surface area contributed by atoms with Crippen LogP contribution in [0.2, 0.25) is 0 Å². The van der Waals surface area contributed by atoms with Crippen molar-refractivity contribution in [2.24, 2.45) is 11.7 Å². The Balaban J connectivity index is 2.06. The summed E-state index contributed by atoms with van der Waals surface area (Å²) in [7, 11) is 0. The Hall–Kier alpha value is 0.270. The Morgan fingerprint density at radius 1 is 1.46 bits per heavy atom. The highest BCUT2D eigenvalue weighted by atomic mass is 32.2. The first kappa shape index (κ1) is 11.3. The van der Waals surface area contributed by atoms with Crippen molar-refractivity contribution < 1.29 is 4.74 Å². The maximum atomic E-state index is 5.82. The number of hydrogen-bond donors (Lipinski definition) is 1. The number of nitrogens with two attached hydrogens (primary N) is 1. The summed E-state index contributed by atoms with van der Waals surface area (Å²) in [4.78, 5) is 0. The molecule has 1 aliphatic carbocycles. The highest BCUT2D eigenvalue weighted by Crippen LogP contribution is 2.27. The normalized spacial score (nSPS) is 28.2. The van der Waals surface area contributed by atoms with Crippen LogP contribution in [0.1, 0.15) is 25.7 Å². The van der Waals surface area contributed by atoms with Gasteiger partial charge in [0.15, 0.2) is 0 Å². The van der Waals surface area contributed by atoms with Crippen LogP contribution in [-0.2, 0) is 4.74 Å². The van der Waals surface area contributed by atoms with Crippen molar-refractivity contribution in [3.05, 3.63) is 0 Å². The molecule has 2 nitrogen and oxygen atoms in total. The molecule has 0 amide bonds. The molecule has 1 rings (SSSR count). The van der Waals surface area contributed by atoms with E-state index in [1.54, 1.807) is 0 Å². The van der Waals surface area contributed by atoms with Crippen LogP contribution in [0.25, 0.3) is 0 Å². The van der Waals surface area contributed by atoms with Crippen LogP contribution in [-0.4, -0.2) is 31.3 Å². The van der Waals surface area contributed by atoms with E-state index in [1.165, 1.54) is 31.4 Å². The molecule has 13 heavy (non-hydrogen) atoms. The summed E-state index contributed by atoms with van der Waals surface area (Å²) in [6.07, 6.45) is 7.57. The van der Waals surface area contributed by atoms with E-state index in [1.807, 2.05) is 11.8 Å². The summed E-state index contributed by atoms with van der Waals surface area (Å²) in [6, 6.07) is 0. The number of ether oxygens (including phenoxy) is 1. The Labute approximate surface area is 85.6 Å². The molecular formula is C10H21NOS. The van der Waals surface area contributed by atoms with Gasteiger partial charge in [-0.25, -0.2) is 0 Å². The van der Waals surface area contributed by atoms with Gasteiger partial charge < -0.3 is 10.5 Å². The van der Waals surface area contributed by atoms with Gasteiger partial charge >= 0.3 is 0 Å². The zero-order valence-corrected chi connectivity index (χ0v) is 9.31. The lowest BCUT2D eigenvalue weighted by Gasteiger charge is -2.18. The molecule has 2 atom stereocenters. The minimum absolute atomic E-state index is 0.465. The van der Waals surface area contributed by atoms with Gasteiger partial charge in [0.05, 0.1) is 6.10 Å². The smallest absolute Gasteiger partial charge is 0.0615 e. The molecule has 0 radical (unpaired) electrons.